The number of thiophene rings is 1. The van der Waals surface area contributed by atoms with E-state index in [1.807, 2.05) is 44.9 Å². The number of hydrogen-bond acceptors (Lipinski definition) is 7. The third-order valence-electron chi connectivity index (χ3n) is 6.19. The highest BCUT2D eigenvalue weighted by molar-refractivity contribution is 7.30. The van der Waals surface area contributed by atoms with Gasteiger partial charge in [-0.3, -0.25) is 4.68 Å². The molecule has 4 heterocycles. The molecule has 1 aromatic carbocycles. The van der Waals surface area contributed by atoms with Gasteiger partial charge in [-0.25, -0.2) is 14.2 Å². The van der Waals surface area contributed by atoms with E-state index in [1.165, 1.54) is 11.1 Å². The van der Waals surface area contributed by atoms with Gasteiger partial charge < -0.3 is 14.5 Å². The van der Waals surface area contributed by atoms with Crippen LogP contribution in [0.15, 0.2) is 24.4 Å². The van der Waals surface area contributed by atoms with E-state index in [0.717, 1.165) is 51.4 Å². The second-order valence-electron chi connectivity index (χ2n) is 9.96. The second kappa shape index (κ2) is 9.05. The molecule has 0 aliphatic carbocycles. The Morgan fingerprint density at radius 3 is 2.63 bits per heavy atom. The lowest BCUT2D eigenvalue weighted by Crippen LogP contribution is -2.48. The molecule has 0 bridgehead atoms. The van der Waals surface area contributed by atoms with Crippen LogP contribution in [0.2, 0.25) is 0 Å². The SMILES string of the molecule is CCN(C(=O)OC(C)(C)C)C1CCN(c2cc3sc(-c4cc(F)c5nn(C)cc5c4)nc3s2)CC1. The Balaban J connectivity index is 1.28. The fraction of sp³-hybridized carbons (Fsp3) is 0.480. The number of thiazole rings is 1. The minimum Gasteiger partial charge on any atom is -0.444 e. The summed E-state index contributed by atoms with van der Waals surface area (Å²) in [6.45, 7) is 10.1. The van der Waals surface area contributed by atoms with Crippen molar-refractivity contribution in [1.29, 1.82) is 0 Å². The standard InChI is InChI=1S/C25H30FN5O2S2/c1-6-31(24(32)33-25(2,3)4)17-7-9-30(10-8-17)20-13-19-23(35-20)27-22(34-19)15-11-16-14-29(5)28-21(16)18(26)12-15/h11-14,17H,6-10H2,1-5H3. The zero-order chi connectivity index (χ0) is 24.9. The molecule has 5 rings (SSSR count). The van der Waals surface area contributed by atoms with Crippen molar-refractivity contribution in [3.8, 4) is 10.6 Å². The van der Waals surface area contributed by atoms with Gasteiger partial charge in [-0.1, -0.05) is 11.3 Å². The summed E-state index contributed by atoms with van der Waals surface area (Å²) in [6.07, 6.45) is 3.40. The van der Waals surface area contributed by atoms with Crippen LogP contribution in [-0.2, 0) is 11.8 Å². The molecule has 10 heteroatoms. The first kappa shape index (κ1) is 24.0. The van der Waals surface area contributed by atoms with E-state index in [2.05, 4.69) is 16.1 Å². The van der Waals surface area contributed by atoms with Crippen LogP contribution in [-0.4, -0.2) is 57.0 Å². The number of piperidine rings is 1. The van der Waals surface area contributed by atoms with E-state index in [0.29, 0.717) is 12.1 Å². The van der Waals surface area contributed by atoms with Crippen molar-refractivity contribution in [2.45, 2.75) is 52.2 Å². The summed E-state index contributed by atoms with van der Waals surface area (Å²) < 4.78 is 22.9. The van der Waals surface area contributed by atoms with Gasteiger partial charge in [0, 0.05) is 49.9 Å². The van der Waals surface area contributed by atoms with Crippen LogP contribution < -0.4 is 4.90 Å². The number of ether oxygens (including phenoxy) is 1. The van der Waals surface area contributed by atoms with Crippen LogP contribution in [0.1, 0.15) is 40.5 Å². The van der Waals surface area contributed by atoms with Gasteiger partial charge in [0.05, 0.1) is 9.70 Å². The van der Waals surface area contributed by atoms with Gasteiger partial charge in [-0.15, -0.1) is 11.3 Å². The van der Waals surface area contributed by atoms with Gasteiger partial charge in [0.25, 0.3) is 0 Å². The maximum absolute atomic E-state index is 14.5. The van der Waals surface area contributed by atoms with Crippen molar-refractivity contribution >= 4 is 54.2 Å². The first-order chi connectivity index (χ1) is 16.6. The summed E-state index contributed by atoms with van der Waals surface area (Å²) in [5, 5.41) is 6.97. The Labute approximate surface area is 212 Å². The predicted octanol–water partition coefficient (Wildman–Crippen LogP) is 6.28. The summed E-state index contributed by atoms with van der Waals surface area (Å²) in [4.78, 5) is 22.6. The third-order valence-corrected chi connectivity index (χ3v) is 8.46. The number of rotatable bonds is 4. The van der Waals surface area contributed by atoms with E-state index < -0.39 is 5.60 Å². The van der Waals surface area contributed by atoms with Crippen LogP contribution in [0.4, 0.5) is 14.2 Å². The van der Waals surface area contributed by atoms with E-state index in [1.54, 1.807) is 34.4 Å². The van der Waals surface area contributed by atoms with Crippen LogP contribution in [0.5, 0.6) is 0 Å². The van der Waals surface area contributed by atoms with Gasteiger partial charge in [-0.05, 0) is 58.7 Å². The van der Waals surface area contributed by atoms with E-state index in [-0.39, 0.29) is 18.0 Å². The number of hydrogen-bond donors (Lipinski definition) is 0. The lowest BCUT2D eigenvalue weighted by molar-refractivity contribution is 0.0149. The number of carbonyl (C=O) groups excluding carboxylic acids is 1. The number of aryl methyl sites for hydroxylation is 1. The molecule has 0 radical (unpaired) electrons. The predicted molar refractivity (Wildman–Crippen MR) is 141 cm³/mol. The Kier molecular flexibility index (Phi) is 6.21. The van der Waals surface area contributed by atoms with E-state index >= 15 is 0 Å². The topological polar surface area (TPSA) is 63.5 Å². The van der Waals surface area contributed by atoms with Crippen LogP contribution in [0, 0.1) is 5.82 Å². The largest absolute Gasteiger partial charge is 0.444 e. The van der Waals surface area contributed by atoms with Crippen molar-refractivity contribution in [2.75, 3.05) is 24.5 Å². The maximum Gasteiger partial charge on any atom is 0.410 e. The Morgan fingerprint density at radius 2 is 1.97 bits per heavy atom. The van der Waals surface area contributed by atoms with Gasteiger partial charge in [0.2, 0.25) is 0 Å². The molecule has 1 aliphatic rings. The fourth-order valence-corrected chi connectivity index (χ4v) is 6.84. The smallest absolute Gasteiger partial charge is 0.410 e. The Hall–Kier alpha value is -2.72. The Morgan fingerprint density at radius 1 is 1.23 bits per heavy atom. The third kappa shape index (κ3) is 4.86. The number of carbonyl (C=O) groups is 1. The van der Waals surface area contributed by atoms with Crippen molar-refractivity contribution in [3.63, 3.8) is 0 Å². The zero-order valence-corrected chi connectivity index (χ0v) is 22.3. The van der Waals surface area contributed by atoms with Gasteiger partial charge in [-0.2, -0.15) is 5.10 Å². The number of fused-ring (bicyclic) bond motifs is 2. The first-order valence-electron chi connectivity index (χ1n) is 11.9. The van der Waals surface area contributed by atoms with E-state index in [4.69, 9.17) is 9.72 Å². The Bertz CT molecular complexity index is 1350. The molecule has 4 aromatic rings. The maximum atomic E-state index is 14.5. The molecule has 1 fully saturated rings. The molecule has 35 heavy (non-hydrogen) atoms. The lowest BCUT2D eigenvalue weighted by Gasteiger charge is -2.38. The van der Waals surface area contributed by atoms with Gasteiger partial charge in [0.1, 0.15) is 21.0 Å². The molecule has 1 aliphatic heterocycles. The highest BCUT2D eigenvalue weighted by Gasteiger charge is 2.30. The lowest BCUT2D eigenvalue weighted by atomic mass is 10.0. The molecule has 7 nitrogen and oxygen atoms in total. The molecular formula is C25H30FN5O2S2. The average molecular weight is 516 g/mol. The minimum absolute atomic E-state index is 0.189. The molecule has 1 saturated heterocycles. The van der Waals surface area contributed by atoms with Crippen molar-refractivity contribution in [2.24, 2.45) is 7.05 Å². The molecule has 0 unspecified atom stereocenters. The fourth-order valence-electron chi connectivity index (χ4n) is 4.59. The number of amides is 1. The van der Waals surface area contributed by atoms with Gasteiger partial charge >= 0.3 is 6.09 Å². The quantitative estimate of drug-likeness (QED) is 0.320. The van der Waals surface area contributed by atoms with Crippen LogP contribution >= 0.6 is 22.7 Å². The zero-order valence-electron chi connectivity index (χ0n) is 20.7. The normalized spacial score (nSPS) is 15.3. The van der Waals surface area contributed by atoms with E-state index in [9.17, 15) is 9.18 Å². The summed E-state index contributed by atoms with van der Waals surface area (Å²) >= 11 is 3.26. The van der Waals surface area contributed by atoms with Gasteiger partial charge in [0.15, 0.2) is 5.82 Å². The summed E-state index contributed by atoms with van der Waals surface area (Å²) in [7, 11) is 1.79. The number of nitrogens with zero attached hydrogens (tertiary/aromatic N) is 5. The average Bonchev–Trinajstić information content (AvgIpc) is 3.46. The van der Waals surface area contributed by atoms with Crippen molar-refractivity contribution < 1.29 is 13.9 Å². The molecule has 0 N–H and O–H groups in total. The van der Waals surface area contributed by atoms with Crippen molar-refractivity contribution in [3.05, 3.63) is 30.2 Å². The number of aromatic nitrogens is 3. The van der Waals surface area contributed by atoms with Crippen molar-refractivity contribution in [1.82, 2.24) is 19.7 Å². The molecule has 0 atom stereocenters. The monoisotopic (exact) mass is 515 g/mol. The minimum atomic E-state index is -0.491. The summed E-state index contributed by atoms with van der Waals surface area (Å²) in [6, 6.07) is 5.84. The highest BCUT2D eigenvalue weighted by atomic mass is 32.1. The van der Waals surface area contributed by atoms with Crippen LogP contribution in [0.25, 0.3) is 31.0 Å². The molecular weight excluding hydrogens is 485 g/mol. The molecule has 0 spiro atoms. The molecule has 186 valence electrons. The first-order valence-corrected chi connectivity index (χ1v) is 13.5. The summed E-state index contributed by atoms with van der Waals surface area (Å²) in [5.74, 6) is -0.326. The molecule has 0 saturated carbocycles. The highest BCUT2D eigenvalue weighted by Crippen LogP contribution is 2.40. The number of benzene rings is 1. The van der Waals surface area contributed by atoms with Crippen LogP contribution in [0.3, 0.4) is 0 Å². The molecule has 1 amide bonds. The number of halogens is 1. The molecule has 3 aromatic heterocycles. The number of anilines is 1. The second-order valence-corrected chi connectivity index (χ2v) is 12.0. The summed E-state index contributed by atoms with van der Waals surface area (Å²) in [5.41, 5.74) is 0.670.